The molecular formula is C14H16BrF3N2O. The van der Waals surface area contributed by atoms with Crippen molar-refractivity contribution in [1.29, 1.82) is 0 Å². The van der Waals surface area contributed by atoms with Crippen molar-refractivity contribution in [3.8, 4) is 0 Å². The van der Waals surface area contributed by atoms with Gasteiger partial charge < -0.3 is 4.90 Å². The lowest BCUT2D eigenvalue weighted by Gasteiger charge is -2.34. The first-order chi connectivity index (χ1) is 9.81. The predicted molar refractivity (Wildman–Crippen MR) is 76.7 cm³/mol. The first-order valence-corrected chi connectivity index (χ1v) is 7.46. The molecule has 2 rings (SSSR count). The van der Waals surface area contributed by atoms with Crippen LogP contribution in [0.4, 0.5) is 13.2 Å². The summed E-state index contributed by atoms with van der Waals surface area (Å²) < 4.78 is 39.6. The van der Waals surface area contributed by atoms with E-state index in [1.54, 1.807) is 6.07 Å². The molecule has 0 aliphatic carbocycles. The number of hydrogen-bond donors (Lipinski definition) is 0. The van der Waals surface area contributed by atoms with Gasteiger partial charge in [0.15, 0.2) is 0 Å². The van der Waals surface area contributed by atoms with Crippen LogP contribution in [-0.2, 0) is 17.5 Å². The van der Waals surface area contributed by atoms with Crippen molar-refractivity contribution in [3.05, 3.63) is 33.8 Å². The normalized spacial score (nSPS) is 17.4. The Bertz CT molecular complexity index is 533. The largest absolute Gasteiger partial charge is 0.416 e. The standard InChI is InChI=1S/C14H16BrF3N2O/c1-2-19-5-6-20(13(21)9-19)8-10-3-4-11(15)7-12(10)14(16,17)18/h3-4,7H,2,5-6,8-9H2,1H3. The Balaban J connectivity index is 2.19. The minimum Gasteiger partial charge on any atom is -0.336 e. The van der Waals surface area contributed by atoms with Crippen LogP contribution < -0.4 is 0 Å². The number of nitrogens with zero attached hydrogens (tertiary/aromatic N) is 2. The zero-order valence-corrected chi connectivity index (χ0v) is 13.2. The highest BCUT2D eigenvalue weighted by Gasteiger charge is 2.34. The number of carbonyl (C=O) groups is 1. The van der Waals surface area contributed by atoms with Crippen molar-refractivity contribution in [1.82, 2.24) is 9.80 Å². The van der Waals surface area contributed by atoms with Crippen molar-refractivity contribution in [3.63, 3.8) is 0 Å². The Morgan fingerprint density at radius 2 is 2.00 bits per heavy atom. The Kier molecular flexibility index (Phi) is 4.93. The highest BCUT2D eigenvalue weighted by Crippen LogP contribution is 2.34. The fourth-order valence-corrected chi connectivity index (χ4v) is 2.71. The van der Waals surface area contributed by atoms with E-state index in [1.165, 1.54) is 11.0 Å². The average Bonchev–Trinajstić information content (AvgIpc) is 2.41. The summed E-state index contributed by atoms with van der Waals surface area (Å²) in [6, 6.07) is 4.05. The summed E-state index contributed by atoms with van der Waals surface area (Å²) in [7, 11) is 0. The zero-order chi connectivity index (χ0) is 15.6. The molecule has 3 nitrogen and oxygen atoms in total. The van der Waals surface area contributed by atoms with Crippen molar-refractivity contribution >= 4 is 21.8 Å². The van der Waals surface area contributed by atoms with E-state index in [4.69, 9.17) is 0 Å². The van der Waals surface area contributed by atoms with Gasteiger partial charge in [-0.15, -0.1) is 0 Å². The Hall–Kier alpha value is -1.08. The van der Waals surface area contributed by atoms with E-state index < -0.39 is 11.7 Å². The van der Waals surface area contributed by atoms with Crippen molar-refractivity contribution in [2.75, 3.05) is 26.2 Å². The second kappa shape index (κ2) is 6.36. The molecule has 0 N–H and O–H groups in total. The lowest BCUT2D eigenvalue weighted by atomic mass is 10.1. The molecule has 1 aromatic carbocycles. The summed E-state index contributed by atoms with van der Waals surface area (Å²) in [5, 5.41) is 0. The van der Waals surface area contributed by atoms with Gasteiger partial charge in [-0.25, -0.2) is 0 Å². The van der Waals surface area contributed by atoms with Crippen LogP contribution in [0, 0.1) is 0 Å². The number of rotatable bonds is 3. The second-order valence-electron chi connectivity index (χ2n) is 4.98. The van der Waals surface area contributed by atoms with Gasteiger partial charge in [-0.05, 0) is 24.2 Å². The Labute approximate surface area is 129 Å². The second-order valence-corrected chi connectivity index (χ2v) is 5.90. The molecule has 0 atom stereocenters. The number of halogens is 4. The van der Waals surface area contributed by atoms with Crippen LogP contribution in [0.25, 0.3) is 0 Å². The molecule has 0 radical (unpaired) electrons. The Morgan fingerprint density at radius 3 is 2.57 bits per heavy atom. The van der Waals surface area contributed by atoms with E-state index in [2.05, 4.69) is 15.9 Å². The lowest BCUT2D eigenvalue weighted by Crippen LogP contribution is -2.49. The molecule has 7 heteroatoms. The zero-order valence-electron chi connectivity index (χ0n) is 11.6. The van der Waals surface area contributed by atoms with E-state index in [0.717, 1.165) is 12.6 Å². The van der Waals surface area contributed by atoms with E-state index in [1.807, 2.05) is 11.8 Å². The number of likely N-dealkylation sites (N-methyl/N-ethyl adjacent to an activating group) is 1. The van der Waals surface area contributed by atoms with Crippen LogP contribution in [0.3, 0.4) is 0 Å². The van der Waals surface area contributed by atoms with Gasteiger partial charge in [0.25, 0.3) is 0 Å². The third kappa shape index (κ3) is 3.97. The summed E-state index contributed by atoms with van der Waals surface area (Å²) in [6.45, 7) is 4.15. The van der Waals surface area contributed by atoms with Crippen molar-refractivity contribution in [2.45, 2.75) is 19.6 Å². The lowest BCUT2D eigenvalue weighted by molar-refractivity contribution is -0.141. The van der Waals surface area contributed by atoms with E-state index in [9.17, 15) is 18.0 Å². The SMILES string of the molecule is CCN1CCN(Cc2ccc(Br)cc2C(F)(F)F)C(=O)C1. The van der Waals surface area contributed by atoms with E-state index in [0.29, 0.717) is 17.6 Å². The molecule has 1 saturated heterocycles. The maximum Gasteiger partial charge on any atom is 0.416 e. The molecule has 1 aromatic rings. The summed E-state index contributed by atoms with van der Waals surface area (Å²) in [6.07, 6.45) is -4.42. The highest BCUT2D eigenvalue weighted by molar-refractivity contribution is 9.10. The molecule has 21 heavy (non-hydrogen) atoms. The molecule has 0 aromatic heterocycles. The number of hydrogen-bond acceptors (Lipinski definition) is 2. The maximum absolute atomic E-state index is 13.1. The van der Waals surface area contributed by atoms with Gasteiger partial charge in [-0.1, -0.05) is 28.9 Å². The molecule has 116 valence electrons. The van der Waals surface area contributed by atoms with Crippen molar-refractivity contribution < 1.29 is 18.0 Å². The number of amides is 1. The molecule has 1 heterocycles. The number of carbonyl (C=O) groups excluding carboxylic acids is 1. The van der Waals surface area contributed by atoms with Crippen molar-refractivity contribution in [2.24, 2.45) is 0 Å². The minimum atomic E-state index is -4.42. The molecule has 0 spiro atoms. The first-order valence-electron chi connectivity index (χ1n) is 6.67. The maximum atomic E-state index is 13.1. The molecule has 1 fully saturated rings. The summed E-state index contributed by atoms with van der Waals surface area (Å²) >= 11 is 3.06. The fourth-order valence-electron chi connectivity index (χ4n) is 2.35. The van der Waals surface area contributed by atoms with E-state index >= 15 is 0 Å². The summed E-state index contributed by atoms with van der Waals surface area (Å²) in [5.41, 5.74) is -0.563. The van der Waals surface area contributed by atoms with Gasteiger partial charge in [0.05, 0.1) is 12.1 Å². The van der Waals surface area contributed by atoms with Gasteiger partial charge in [0.1, 0.15) is 0 Å². The third-order valence-corrected chi connectivity index (χ3v) is 4.08. The van der Waals surface area contributed by atoms with Gasteiger partial charge in [0, 0.05) is 24.1 Å². The number of alkyl halides is 3. The minimum absolute atomic E-state index is 0.00148. The quantitative estimate of drug-likeness (QED) is 0.822. The number of piperazine rings is 1. The van der Waals surface area contributed by atoms with Gasteiger partial charge in [-0.2, -0.15) is 13.2 Å². The van der Waals surface area contributed by atoms with Crippen LogP contribution in [0.1, 0.15) is 18.1 Å². The van der Waals surface area contributed by atoms with Crippen LogP contribution in [0.2, 0.25) is 0 Å². The average molecular weight is 365 g/mol. The van der Waals surface area contributed by atoms with Crippen LogP contribution in [0.15, 0.2) is 22.7 Å². The molecule has 0 unspecified atom stereocenters. The van der Waals surface area contributed by atoms with Gasteiger partial charge in [-0.3, -0.25) is 9.69 Å². The number of benzene rings is 1. The van der Waals surface area contributed by atoms with E-state index in [-0.39, 0.29) is 24.6 Å². The Morgan fingerprint density at radius 1 is 1.29 bits per heavy atom. The van der Waals surface area contributed by atoms with Crippen LogP contribution in [0.5, 0.6) is 0 Å². The molecular weight excluding hydrogens is 349 g/mol. The molecule has 1 amide bonds. The molecule has 1 aliphatic heterocycles. The summed E-state index contributed by atoms with van der Waals surface area (Å²) in [5.74, 6) is -0.126. The molecule has 0 saturated carbocycles. The van der Waals surface area contributed by atoms with Gasteiger partial charge >= 0.3 is 6.18 Å². The summed E-state index contributed by atoms with van der Waals surface area (Å²) in [4.78, 5) is 15.5. The predicted octanol–water partition coefficient (Wildman–Crippen LogP) is 3.13. The van der Waals surface area contributed by atoms with Gasteiger partial charge in [0.2, 0.25) is 5.91 Å². The smallest absolute Gasteiger partial charge is 0.336 e. The monoisotopic (exact) mass is 364 g/mol. The molecule has 0 bridgehead atoms. The third-order valence-electron chi connectivity index (χ3n) is 3.58. The highest BCUT2D eigenvalue weighted by atomic mass is 79.9. The topological polar surface area (TPSA) is 23.6 Å². The van der Waals surface area contributed by atoms with Crippen LogP contribution >= 0.6 is 15.9 Å². The molecule has 1 aliphatic rings. The fraction of sp³-hybridized carbons (Fsp3) is 0.500. The van der Waals surface area contributed by atoms with Crippen LogP contribution in [-0.4, -0.2) is 41.9 Å². The first kappa shape index (κ1) is 16.3.